The van der Waals surface area contributed by atoms with Crippen LogP contribution in [0.4, 0.5) is 4.39 Å². The Kier molecular flexibility index (Phi) is 6.14. The summed E-state index contributed by atoms with van der Waals surface area (Å²) >= 11 is 3.33. The van der Waals surface area contributed by atoms with E-state index < -0.39 is 0 Å². The molecule has 5 heteroatoms. The van der Waals surface area contributed by atoms with Crippen LogP contribution in [-0.2, 0) is 13.2 Å². The van der Waals surface area contributed by atoms with E-state index in [0.717, 1.165) is 35.2 Å². The molecule has 0 atom stereocenters. The fourth-order valence-corrected chi connectivity index (χ4v) is 2.16. The Bertz CT molecular complexity index is 575. The Labute approximate surface area is 132 Å². The van der Waals surface area contributed by atoms with E-state index >= 15 is 0 Å². The van der Waals surface area contributed by atoms with Gasteiger partial charge in [0.1, 0.15) is 18.2 Å². The second-order valence-electron chi connectivity index (χ2n) is 4.70. The van der Waals surface area contributed by atoms with Gasteiger partial charge in [0.15, 0.2) is 0 Å². The molecule has 112 valence electrons. The number of nitrogens with one attached hydrogen (secondary N) is 1. The molecule has 1 N–H and O–H groups in total. The number of halogens is 2. The largest absolute Gasteiger partial charge is 0.486 e. The summed E-state index contributed by atoms with van der Waals surface area (Å²) in [7, 11) is 0. The zero-order valence-electron chi connectivity index (χ0n) is 11.9. The Morgan fingerprint density at radius 2 is 2.14 bits per heavy atom. The zero-order valence-corrected chi connectivity index (χ0v) is 13.5. The van der Waals surface area contributed by atoms with Gasteiger partial charge in [0.25, 0.3) is 0 Å². The predicted molar refractivity (Wildman–Crippen MR) is 84.7 cm³/mol. The number of ether oxygens (including phenoxy) is 1. The maximum absolute atomic E-state index is 13.2. The summed E-state index contributed by atoms with van der Waals surface area (Å²) < 4.78 is 19.5. The highest BCUT2D eigenvalue weighted by atomic mass is 79.9. The minimum absolute atomic E-state index is 0.310. The number of hydrogen-bond acceptors (Lipinski definition) is 3. The summed E-state index contributed by atoms with van der Waals surface area (Å²) in [6.45, 7) is 4.26. The fourth-order valence-electron chi connectivity index (χ4n) is 1.79. The molecule has 1 aromatic heterocycles. The second kappa shape index (κ2) is 8.10. The van der Waals surface area contributed by atoms with E-state index in [1.807, 2.05) is 18.3 Å². The number of hydrogen-bond donors (Lipinski definition) is 1. The lowest BCUT2D eigenvalue weighted by Crippen LogP contribution is -2.14. The highest BCUT2D eigenvalue weighted by molar-refractivity contribution is 9.10. The number of aromatic nitrogens is 1. The molecule has 1 heterocycles. The third-order valence-electron chi connectivity index (χ3n) is 2.91. The van der Waals surface area contributed by atoms with Gasteiger partial charge in [-0.3, -0.25) is 4.98 Å². The number of nitrogens with zero attached hydrogens (tertiary/aromatic N) is 1. The summed E-state index contributed by atoms with van der Waals surface area (Å²) in [6, 6.07) is 8.31. The highest BCUT2D eigenvalue weighted by Crippen LogP contribution is 2.26. The van der Waals surface area contributed by atoms with Gasteiger partial charge in [0.2, 0.25) is 0 Å². The van der Waals surface area contributed by atoms with Crippen molar-refractivity contribution in [2.24, 2.45) is 0 Å². The van der Waals surface area contributed by atoms with Gasteiger partial charge in [-0.15, -0.1) is 0 Å². The molecule has 2 aromatic rings. The normalized spacial score (nSPS) is 10.6. The highest BCUT2D eigenvalue weighted by Gasteiger charge is 2.04. The van der Waals surface area contributed by atoms with Crippen molar-refractivity contribution in [2.75, 3.05) is 6.54 Å². The summed E-state index contributed by atoms with van der Waals surface area (Å²) in [6.07, 6.45) is 2.95. The topological polar surface area (TPSA) is 34.1 Å². The van der Waals surface area contributed by atoms with Gasteiger partial charge in [-0.1, -0.05) is 13.0 Å². The molecule has 0 aliphatic rings. The quantitative estimate of drug-likeness (QED) is 0.763. The van der Waals surface area contributed by atoms with Gasteiger partial charge in [0, 0.05) is 18.8 Å². The van der Waals surface area contributed by atoms with E-state index in [1.165, 1.54) is 12.1 Å². The van der Waals surface area contributed by atoms with Crippen LogP contribution in [0.25, 0.3) is 0 Å². The summed E-state index contributed by atoms with van der Waals surface area (Å²) in [5.74, 6) is 0.156. The maximum atomic E-state index is 13.2. The van der Waals surface area contributed by atoms with Crippen molar-refractivity contribution < 1.29 is 9.13 Å². The van der Waals surface area contributed by atoms with E-state index in [1.54, 1.807) is 6.07 Å². The predicted octanol–water partition coefficient (Wildman–Crippen LogP) is 4.06. The van der Waals surface area contributed by atoms with Crippen LogP contribution >= 0.6 is 15.9 Å². The smallest absolute Gasteiger partial charge is 0.136 e. The fraction of sp³-hybridized carbons (Fsp3) is 0.312. The van der Waals surface area contributed by atoms with Gasteiger partial charge >= 0.3 is 0 Å². The number of benzene rings is 1. The molecule has 0 radical (unpaired) electrons. The SMILES string of the molecule is CCCNCc1ccc(COc2cc(F)ccc2Br)nc1. The van der Waals surface area contributed by atoms with Gasteiger partial charge in [-0.05, 0) is 52.7 Å². The minimum Gasteiger partial charge on any atom is -0.486 e. The lowest BCUT2D eigenvalue weighted by atomic mass is 10.2. The first-order valence-electron chi connectivity index (χ1n) is 6.91. The molecule has 1 aromatic carbocycles. The van der Waals surface area contributed by atoms with E-state index in [-0.39, 0.29) is 5.82 Å². The molecular weight excluding hydrogens is 335 g/mol. The monoisotopic (exact) mass is 352 g/mol. The van der Waals surface area contributed by atoms with Crippen LogP contribution in [0.5, 0.6) is 5.75 Å². The van der Waals surface area contributed by atoms with Crippen molar-refractivity contribution in [1.82, 2.24) is 10.3 Å². The molecule has 2 rings (SSSR count). The van der Waals surface area contributed by atoms with E-state index in [9.17, 15) is 4.39 Å². The first-order chi connectivity index (χ1) is 10.2. The first kappa shape index (κ1) is 15.9. The summed E-state index contributed by atoms with van der Waals surface area (Å²) in [5, 5.41) is 3.32. The Morgan fingerprint density at radius 3 is 2.86 bits per heavy atom. The Morgan fingerprint density at radius 1 is 1.29 bits per heavy atom. The molecule has 0 aliphatic heterocycles. The van der Waals surface area contributed by atoms with Crippen molar-refractivity contribution >= 4 is 15.9 Å². The molecule has 0 unspecified atom stereocenters. The number of rotatable bonds is 7. The zero-order chi connectivity index (χ0) is 15.1. The summed E-state index contributed by atoms with van der Waals surface area (Å²) in [4.78, 5) is 4.35. The van der Waals surface area contributed by atoms with E-state index in [0.29, 0.717) is 12.4 Å². The van der Waals surface area contributed by atoms with Crippen LogP contribution in [0.3, 0.4) is 0 Å². The van der Waals surface area contributed by atoms with Crippen LogP contribution in [0.1, 0.15) is 24.6 Å². The molecule has 0 spiro atoms. The van der Waals surface area contributed by atoms with Crippen LogP contribution < -0.4 is 10.1 Å². The van der Waals surface area contributed by atoms with Gasteiger partial charge in [-0.25, -0.2) is 4.39 Å². The van der Waals surface area contributed by atoms with Crippen molar-refractivity contribution in [2.45, 2.75) is 26.5 Å². The van der Waals surface area contributed by atoms with E-state index in [4.69, 9.17) is 4.74 Å². The molecule has 0 saturated heterocycles. The van der Waals surface area contributed by atoms with Crippen molar-refractivity contribution in [3.05, 3.63) is 58.1 Å². The second-order valence-corrected chi connectivity index (χ2v) is 5.55. The van der Waals surface area contributed by atoms with Gasteiger partial charge < -0.3 is 10.1 Å². The molecule has 0 bridgehead atoms. The molecule has 21 heavy (non-hydrogen) atoms. The molecule has 0 fully saturated rings. The lowest BCUT2D eigenvalue weighted by Gasteiger charge is -2.08. The van der Waals surface area contributed by atoms with Gasteiger partial charge in [0.05, 0.1) is 10.2 Å². The standard InChI is InChI=1S/C16H18BrFN2O/c1-2-7-19-9-12-3-5-14(20-10-12)11-21-16-8-13(18)4-6-15(16)17/h3-6,8,10,19H,2,7,9,11H2,1H3. The first-order valence-corrected chi connectivity index (χ1v) is 7.70. The lowest BCUT2D eigenvalue weighted by molar-refractivity contribution is 0.298. The van der Waals surface area contributed by atoms with Crippen molar-refractivity contribution in [1.29, 1.82) is 0 Å². The van der Waals surface area contributed by atoms with Gasteiger partial charge in [-0.2, -0.15) is 0 Å². The molecule has 3 nitrogen and oxygen atoms in total. The third kappa shape index (κ3) is 5.10. The minimum atomic E-state index is -0.321. The Balaban J connectivity index is 1.90. The average Bonchev–Trinajstić information content (AvgIpc) is 2.50. The Hall–Kier alpha value is -1.46. The molecular formula is C16H18BrFN2O. The van der Waals surface area contributed by atoms with Crippen LogP contribution in [0.15, 0.2) is 41.0 Å². The van der Waals surface area contributed by atoms with Crippen LogP contribution in [-0.4, -0.2) is 11.5 Å². The molecule has 0 saturated carbocycles. The maximum Gasteiger partial charge on any atom is 0.136 e. The third-order valence-corrected chi connectivity index (χ3v) is 3.57. The van der Waals surface area contributed by atoms with E-state index in [2.05, 4.69) is 33.2 Å². The van der Waals surface area contributed by atoms with Crippen molar-refractivity contribution in [3.63, 3.8) is 0 Å². The molecule has 0 amide bonds. The number of pyridine rings is 1. The molecule has 0 aliphatic carbocycles. The summed E-state index contributed by atoms with van der Waals surface area (Å²) in [5.41, 5.74) is 1.95. The average molecular weight is 353 g/mol. The van der Waals surface area contributed by atoms with Crippen LogP contribution in [0.2, 0.25) is 0 Å². The van der Waals surface area contributed by atoms with Crippen LogP contribution in [0, 0.1) is 5.82 Å². The van der Waals surface area contributed by atoms with Crippen molar-refractivity contribution in [3.8, 4) is 5.75 Å².